The number of thiazole rings is 1. The van der Waals surface area contributed by atoms with Gasteiger partial charge < -0.3 is 4.74 Å². The van der Waals surface area contributed by atoms with Crippen LogP contribution in [0.25, 0.3) is 21.6 Å². The molecule has 21 heavy (non-hydrogen) atoms. The summed E-state index contributed by atoms with van der Waals surface area (Å²) in [5, 5.41) is 3.56. The Bertz CT molecular complexity index is 811. The lowest BCUT2D eigenvalue weighted by molar-refractivity contribution is 0.0520. The maximum Gasteiger partial charge on any atom is 0.357 e. The lowest BCUT2D eigenvalue weighted by Crippen LogP contribution is -2.04. The molecule has 0 amide bonds. The largest absolute Gasteiger partial charge is 0.461 e. The molecular weight excluding hydrogens is 284 g/mol. The van der Waals surface area contributed by atoms with Crippen LogP contribution in [0.15, 0.2) is 35.7 Å². The van der Waals surface area contributed by atoms with Crippen LogP contribution in [0.1, 0.15) is 23.0 Å². The van der Waals surface area contributed by atoms with E-state index in [2.05, 4.69) is 9.97 Å². The van der Waals surface area contributed by atoms with E-state index in [0.29, 0.717) is 12.3 Å². The lowest BCUT2D eigenvalue weighted by atomic mass is 10.1. The van der Waals surface area contributed by atoms with Gasteiger partial charge in [0, 0.05) is 10.8 Å². The minimum Gasteiger partial charge on any atom is -0.461 e. The molecule has 0 saturated carbocycles. The number of aryl methyl sites for hydroxylation is 1. The summed E-state index contributed by atoms with van der Waals surface area (Å²) in [6.07, 6.45) is 0. The highest BCUT2D eigenvalue weighted by Crippen LogP contribution is 2.26. The highest BCUT2D eigenvalue weighted by molar-refractivity contribution is 7.13. The molecule has 2 heterocycles. The van der Waals surface area contributed by atoms with Gasteiger partial charge in [0.05, 0.1) is 17.8 Å². The Balaban J connectivity index is 2.03. The molecule has 3 aromatic rings. The summed E-state index contributed by atoms with van der Waals surface area (Å²) in [5.74, 6) is -0.391. The standard InChI is InChI=1S/C16H14N2O2S/c1-3-20-16(19)14-9-21-15(18-14)13-8-10(2)11-6-4-5-7-12(11)17-13/h4-9H,3H2,1-2H3. The minimum atomic E-state index is -0.391. The average molecular weight is 298 g/mol. The van der Waals surface area contributed by atoms with E-state index in [9.17, 15) is 4.79 Å². The number of rotatable bonds is 3. The number of esters is 1. The van der Waals surface area contributed by atoms with Crippen LogP contribution in [0.3, 0.4) is 0 Å². The number of hydrogen-bond acceptors (Lipinski definition) is 5. The molecular formula is C16H14N2O2S. The van der Waals surface area contributed by atoms with Crippen molar-refractivity contribution in [3.8, 4) is 10.7 Å². The van der Waals surface area contributed by atoms with Gasteiger partial charge in [0.15, 0.2) is 5.69 Å². The molecule has 5 heteroatoms. The molecule has 0 aliphatic rings. The predicted molar refractivity (Wildman–Crippen MR) is 83.5 cm³/mol. The normalized spacial score (nSPS) is 10.8. The number of hydrogen-bond donors (Lipinski definition) is 0. The fourth-order valence-electron chi connectivity index (χ4n) is 2.15. The van der Waals surface area contributed by atoms with Crippen LogP contribution < -0.4 is 0 Å². The van der Waals surface area contributed by atoms with Crippen molar-refractivity contribution >= 4 is 28.2 Å². The molecule has 1 aromatic carbocycles. The molecule has 3 rings (SSSR count). The van der Waals surface area contributed by atoms with Gasteiger partial charge in [0.1, 0.15) is 5.01 Å². The number of ether oxygens (including phenoxy) is 1. The van der Waals surface area contributed by atoms with Crippen LogP contribution >= 0.6 is 11.3 Å². The summed E-state index contributed by atoms with van der Waals surface area (Å²) in [5.41, 5.74) is 3.19. The van der Waals surface area contributed by atoms with Gasteiger partial charge in [0.25, 0.3) is 0 Å². The third kappa shape index (κ3) is 2.64. The van der Waals surface area contributed by atoms with E-state index in [1.165, 1.54) is 11.3 Å². The Hall–Kier alpha value is -2.27. The van der Waals surface area contributed by atoms with Crippen molar-refractivity contribution in [2.45, 2.75) is 13.8 Å². The maximum atomic E-state index is 11.7. The Morgan fingerprint density at radius 3 is 2.90 bits per heavy atom. The number of fused-ring (bicyclic) bond motifs is 1. The van der Waals surface area contributed by atoms with Crippen LogP contribution in [0.4, 0.5) is 0 Å². The van der Waals surface area contributed by atoms with Crippen molar-refractivity contribution in [1.82, 2.24) is 9.97 Å². The topological polar surface area (TPSA) is 52.1 Å². The van der Waals surface area contributed by atoms with Crippen molar-refractivity contribution in [3.05, 3.63) is 47.0 Å². The lowest BCUT2D eigenvalue weighted by Gasteiger charge is -2.04. The van der Waals surface area contributed by atoms with Crippen LogP contribution in [0.5, 0.6) is 0 Å². The summed E-state index contributed by atoms with van der Waals surface area (Å²) < 4.78 is 4.96. The number of nitrogens with zero attached hydrogens (tertiary/aromatic N) is 2. The van der Waals surface area contributed by atoms with Crippen LogP contribution in [-0.2, 0) is 4.74 Å². The van der Waals surface area contributed by atoms with Crippen molar-refractivity contribution in [2.75, 3.05) is 6.61 Å². The zero-order valence-electron chi connectivity index (χ0n) is 11.8. The van der Waals surface area contributed by atoms with Gasteiger partial charge in [-0.3, -0.25) is 0 Å². The van der Waals surface area contributed by atoms with Crippen molar-refractivity contribution in [3.63, 3.8) is 0 Å². The quantitative estimate of drug-likeness (QED) is 0.689. The molecule has 0 fully saturated rings. The Kier molecular flexibility index (Phi) is 3.66. The summed E-state index contributed by atoms with van der Waals surface area (Å²) >= 11 is 1.40. The van der Waals surface area contributed by atoms with Crippen LogP contribution in [0.2, 0.25) is 0 Å². The zero-order valence-corrected chi connectivity index (χ0v) is 12.6. The number of aromatic nitrogens is 2. The molecule has 0 atom stereocenters. The summed E-state index contributed by atoms with van der Waals surface area (Å²) in [7, 11) is 0. The average Bonchev–Trinajstić information content (AvgIpc) is 2.97. The Morgan fingerprint density at radius 1 is 1.29 bits per heavy atom. The third-order valence-electron chi connectivity index (χ3n) is 3.13. The first-order chi connectivity index (χ1) is 10.2. The van der Waals surface area contributed by atoms with E-state index in [-0.39, 0.29) is 0 Å². The molecule has 0 saturated heterocycles. The summed E-state index contributed by atoms with van der Waals surface area (Å²) in [4.78, 5) is 20.6. The van der Waals surface area contributed by atoms with Gasteiger partial charge in [-0.25, -0.2) is 14.8 Å². The van der Waals surface area contributed by atoms with E-state index < -0.39 is 5.97 Å². The molecule has 106 valence electrons. The molecule has 0 aliphatic heterocycles. The predicted octanol–water partition coefficient (Wildman–Crippen LogP) is 3.84. The number of pyridine rings is 1. The van der Waals surface area contributed by atoms with Crippen LogP contribution in [0, 0.1) is 6.92 Å². The molecule has 0 aliphatic carbocycles. The summed E-state index contributed by atoms with van der Waals surface area (Å²) in [6, 6.07) is 9.98. The fraction of sp³-hybridized carbons (Fsp3) is 0.188. The molecule has 0 spiro atoms. The maximum absolute atomic E-state index is 11.7. The minimum absolute atomic E-state index is 0.337. The first-order valence-corrected chi connectivity index (χ1v) is 7.56. The first kappa shape index (κ1) is 13.7. The monoisotopic (exact) mass is 298 g/mol. The van der Waals surface area contributed by atoms with Gasteiger partial charge in [0.2, 0.25) is 0 Å². The van der Waals surface area contributed by atoms with Crippen molar-refractivity contribution in [2.24, 2.45) is 0 Å². The Morgan fingerprint density at radius 2 is 2.10 bits per heavy atom. The van der Waals surface area contributed by atoms with Gasteiger partial charge in [-0.2, -0.15) is 0 Å². The molecule has 0 bridgehead atoms. The second kappa shape index (κ2) is 5.61. The molecule has 2 aromatic heterocycles. The van der Waals surface area contributed by atoms with E-state index in [1.54, 1.807) is 12.3 Å². The van der Waals surface area contributed by atoms with E-state index in [1.807, 2.05) is 37.3 Å². The highest BCUT2D eigenvalue weighted by atomic mass is 32.1. The fourth-order valence-corrected chi connectivity index (χ4v) is 2.90. The molecule has 0 unspecified atom stereocenters. The van der Waals surface area contributed by atoms with E-state index >= 15 is 0 Å². The van der Waals surface area contributed by atoms with Crippen molar-refractivity contribution < 1.29 is 9.53 Å². The number of benzene rings is 1. The van der Waals surface area contributed by atoms with Crippen LogP contribution in [-0.4, -0.2) is 22.5 Å². The van der Waals surface area contributed by atoms with Gasteiger partial charge in [-0.15, -0.1) is 11.3 Å². The second-order valence-electron chi connectivity index (χ2n) is 4.60. The highest BCUT2D eigenvalue weighted by Gasteiger charge is 2.14. The van der Waals surface area contributed by atoms with Crippen molar-refractivity contribution in [1.29, 1.82) is 0 Å². The zero-order chi connectivity index (χ0) is 14.8. The van der Waals surface area contributed by atoms with Gasteiger partial charge >= 0.3 is 5.97 Å². The smallest absolute Gasteiger partial charge is 0.357 e. The van der Waals surface area contributed by atoms with E-state index in [0.717, 1.165) is 27.2 Å². The Labute approximate surface area is 126 Å². The second-order valence-corrected chi connectivity index (χ2v) is 5.46. The van der Waals surface area contributed by atoms with Gasteiger partial charge in [-0.1, -0.05) is 18.2 Å². The first-order valence-electron chi connectivity index (χ1n) is 6.68. The van der Waals surface area contributed by atoms with Gasteiger partial charge in [-0.05, 0) is 31.5 Å². The number of carbonyl (C=O) groups is 1. The number of carbonyl (C=O) groups excluding carboxylic acids is 1. The molecule has 0 N–H and O–H groups in total. The third-order valence-corrected chi connectivity index (χ3v) is 4.00. The summed E-state index contributed by atoms with van der Waals surface area (Å²) in [6.45, 7) is 4.17. The molecule has 4 nitrogen and oxygen atoms in total. The molecule has 0 radical (unpaired) electrons. The SMILES string of the molecule is CCOC(=O)c1csc(-c2cc(C)c3ccccc3n2)n1. The number of para-hydroxylation sites is 1. The van der Waals surface area contributed by atoms with E-state index in [4.69, 9.17) is 4.74 Å².